The Morgan fingerprint density at radius 1 is 1.11 bits per heavy atom. The van der Waals surface area contributed by atoms with Crippen LogP contribution < -0.4 is 10.9 Å². The van der Waals surface area contributed by atoms with Crippen molar-refractivity contribution in [3.63, 3.8) is 0 Å². The first-order valence-corrected chi connectivity index (χ1v) is 8.67. The summed E-state index contributed by atoms with van der Waals surface area (Å²) in [5.41, 5.74) is 0.743. The number of hydrogen-bond donors (Lipinski definition) is 1. The van der Waals surface area contributed by atoms with E-state index in [0.29, 0.717) is 27.0 Å². The molecule has 10 heteroatoms. The van der Waals surface area contributed by atoms with E-state index < -0.39 is 16.4 Å². The Kier molecular flexibility index (Phi) is 5.72. The van der Waals surface area contributed by atoms with Crippen LogP contribution >= 0.6 is 23.2 Å². The fourth-order valence-electron chi connectivity index (χ4n) is 2.39. The number of amides is 1. The Bertz CT molecular complexity index is 1110. The number of nitro benzene ring substituents is 1. The van der Waals surface area contributed by atoms with Crippen LogP contribution in [0.1, 0.15) is 0 Å². The summed E-state index contributed by atoms with van der Waals surface area (Å²) in [6, 6.07) is 13.1. The predicted octanol–water partition coefficient (Wildman–Crippen LogP) is 3.76. The molecule has 0 radical (unpaired) electrons. The highest BCUT2D eigenvalue weighted by molar-refractivity contribution is 6.35. The highest BCUT2D eigenvalue weighted by Gasteiger charge is 2.11. The molecule has 28 heavy (non-hydrogen) atoms. The normalized spacial score (nSPS) is 10.5. The van der Waals surface area contributed by atoms with Gasteiger partial charge in [-0.15, -0.1) is 0 Å². The minimum atomic E-state index is -0.514. The Hall–Kier alpha value is -3.23. The zero-order valence-electron chi connectivity index (χ0n) is 14.1. The van der Waals surface area contributed by atoms with E-state index in [4.69, 9.17) is 23.2 Å². The molecule has 1 N–H and O–H groups in total. The van der Waals surface area contributed by atoms with Gasteiger partial charge in [-0.2, -0.15) is 5.10 Å². The van der Waals surface area contributed by atoms with E-state index in [9.17, 15) is 19.7 Å². The van der Waals surface area contributed by atoms with Gasteiger partial charge in [0, 0.05) is 28.8 Å². The molecule has 3 aromatic rings. The highest BCUT2D eigenvalue weighted by atomic mass is 35.5. The van der Waals surface area contributed by atoms with Gasteiger partial charge < -0.3 is 5.32 Å². The summed E-state index contributed by atoms with van der Waals surface area (Å²) in [6.07, 6.45) is 0. The van der Waals surface area contributed by atoms with Crippen LogP contribution in [0.4, 0.5) is 11.4 Å². The van der Waals surface area contributed by atoms with Gasteiger partial charge in [-0.3, -0.25) is 19.7 Å². The highest BCUT2D eigenvalue weighted by Crippen LogP contribution is 2.25. The fraction of sp³-hybridized carbons (Fsp3) is 0.0556. The van der Waals surface area contributed by atoms with E-state index in [0.717, 1.165) is 4.68 Å². The molecule has 142 valence electrons. The summed E-state index contributed by atoms with van der Waals surface area (Å²) in [6.45, 7) is -0.345. The number of halogens is 2. The number of carbonyl (C=O) groups is 1. The fourth-order valence-corrected chi connectivity index (χ4v) is 2.73. The second-order valence-electron chi connectivity index (χ2n) is 5.69. The number of benzene rings is 2. The van der Waals surface area contributed by atoms with Gasteiger partial charge in [-0.05, 0) is 36.4 Å². The largest absolute Gasteiger partial charge is 0.323 e. The second kappa shape index (κ2) is 8.20. The number of nitrogens with one attached hydrogen (secondary N) is 1. The molecule has 0 fully saturated rings. The van der Waals surface area contributed by atoms with Gasteiger partial charge in [0.25, 0.3) is 11.2 Å². The summed E-state index contributed by atoms with van der Waals surface area (Å²) >= 11 is 11.9. The lowest BCUT2D eigenvalue weighted by atomic mass is 10.1. The van der Waals surface area contributed by atoms with E-state index >= 15 is 0 Å². The van der Waals surface area contributed by atoms with Crippen LogP contribution in [-0.2, 0) is 11.3 Å². The zero-order valence-corrected chi connectivity index (χ0v) is 15.6. The molecule has 0 saturated carbocycles. The van der Waals surface area contributed by atoms with E-state index in [-0.39, 0.29) is 12.2 Å². The maximum atomic E-state index is 12.3. The van der Waals surface area contributed by atoms with Gasteiger partial charge >= 0.3 is 0 Å². The zero-order chi connectivity index (χ0) is 20.3. The SMILES string of the molecule is O=C(Cn1nc(-c2ccc([N+](=O)[O-])cc2)ccc1=O)Nc1cc(Cl)ccc1Cl. The minimum Gasteiger partial charge on any atom is -0.323 e. The van der Waals surface area contributed by atoms with Crippen molar-refractivity contribution in [3.8, 4) is 11.3 Å². The molecular weight excluding hydrogens is 407 g/mol. The third-order valence-electron chi connectivity index (χ3n) is 3.74. The maximum Gasteiger partial charge on any atom is 0.269 e. The summed E-state index contributed by atoms with van der Waals surface area (Å²) < 4.78 is 0.991. The summed E-state index contributed by atoms with van der Waals surface area (Å²) in [7, 11) is 0. The van der Waals surface area contributed by atoms with Crippen molar-refractivity contribution >= 4 is 40.5 Å². The Morgan fingerprint density at radius 2 is 1.82 bits per heavy atom. The van der Waals surface area contributed by atoms with Crippen molar-refractivity contribution in [1.82, 2.24) is 9.78 Å². The summed E-state index contributed by atoms with van der Waals surface area (Å²) in [4.78, 5) is 34.6. The van der Waals surface area contributed by atoms with E-state index in [1.54, 1.807) is 12.1 Å². The molecule has 0 aliphatic rings. The summed E-state index contributed by atoms with van der Waals surface area (Å²) in [5.74, 6) is -0.514. The van der Waals surface area contributed by atoms with Gasteiger partial charge in [0.15, 0.2) is 0 Å². The number of non-ortho nitro benzene ring substituents is 1. The van der Waals surface area contributed by atoms with Crippen molar-refractivity contribution in [2.45, 2.75) is 6.54 Å². The van der Waals surface area contributed by atoms with E-state index in [1.165, 1.54) is 42.5 Å². The third-order valence-corrected chi connectivity index (χ3v) is 4.30. The Labute approximate surface area is 168 Å². The number of carbonyl (C=O) groups excluding carboxylic acids is 1. The standard InChI is InChI=1S/C18H12Cl2N4O4/c19-12-3-6-14(20)16(9-12)21-17(25)10-23-18(26)8-7-15(22-23)11-1-4-13(5-2-11)24(27)28/h1-9H,10H2,(H,21,25). The lowest BCUT2D eigenvalue weighted by Gasteiger charge is -2.09. The number of nitrogens with zero attached hydrogens (tertiary/aromatic N) is 3. The molecule has 8 nitrogen and oxygen atoms in total. The monoisotopic (exact) mass is 418 g/mol. The van der Waals surface area contributed by atoms with E-state index in [2.05, 4.69) is 10.4 Å². The molecule has 1 heterocycles. The van der Waals surface area contributed by atoms with E-state index in [1.807, 2.05) is 0 Å². The quantitative estimate of drug-likeness (QED) is 0.501. The first kappa shape index (κ1) is 19.5. The van der Waals surface area contributed by atoms with Crippen molar-refractivity contribution in [2.75, 3.05) is 5.32 Å². The molecule has 0 unspecified atom stereocenters. The number of rotatable bonds is 5. The molecule has 0 aliphatic carbocycles. The molecule has 1 amide bonds. The average molecular weight is 419 g/mol. The third kappa shape index (κ3) is 4.54. The van der Waals surface area contributed by atoms with Gasteiger partial charge in [0.1, 0.15) is 6.54 Å². The molecule has 0 bridgehead atoms. The minimum absolute atomic E-state index is 0.0603. The molecular formula is C18H12Cl2N4O4. The van der Waals surface area contributed by atoms with Crippen LogP contribution in [0, 0.1) is 10.1 Å². The average Bonchev–Trinajstić information content (AvgIpc) is 2.66. The van der Waals surface area contributed by atoms with Gasteiger partial charge in [0.05, 0.1) is 21.3 Å². The van der Waals surface area contributed by atoms with Crippen LogP contribution in [0.5, 0.6) is 0 Å². The van der Waals surface area contributed by atoms with Crippen LogP contribution in [0.2, 0.25) is 10.0 Å². The molecule has 3 rings (SSSR count). The van der Waals surface area contributed by atoms with Crippen molar-refractivity contribution in [2.24, 2.45) is 0 Å². The number of anilines is 1. The van der Waals surface area contributed by atoms with Crippen LogP contribution in [-0.4, -0.2) is 20.6 Å². The number of aromatic nitrogens is 2. The Morgan fingerprint density at radius 3 is 2.50 bits per heavy atom. The van der Waals surface area contributed by atoms with Crippen LogP contribution in [0.3, 0.4) is 0 Å². The smallest absolute Gasteiger partial charge is 0.269 e. The second-order valence-corrected chi connectivity index (χ2v) is 6.53. The lowest BCUT2D eigenvalue weighted by Crippen LogP contribution is -2.29. The topological polar surface area (TPSA) is 107 Å². The maximum absolute atomic E-state index is 12.3. The first-order valence-electron chi connectivity index (χ1n) is 7.91. The summed E-state index contributed by atoms with van der Waals surface area (Å²) in [5, 5.41) is 18.2. The number of nitro groups is 1. The van der Waals surface area contributed by atoms with Crippen LogP contribution in [0.25, 0.3) is 11.3 Å². The Balaban J connectivity index is 1.81. The molecule has 0 atom stereocenters. The molecule has 0 spiro atoms. The molecule has 0 aliphatic heterocycles. The predicted molar refractivity (Wildman–Crippen MR) is 106 cm³/mol. The first-order chi connectivity index (χ1) is 13.3. The molecule has 2 aromatic carbocycles. The van der Waals surface area contributed by atoms with Gasteiger partial charge in [-0.1, -0.05) is 23.2 Å². The van der Waals surface area contributed by atoms with Gasteiger partial charge in [-0.25, -0.2) is 4.68 Å². The number of hydrogen-bond acceptors (Lipinski definition) is 5. The lowest BCUT2D eigenvalue weighted by molar-refractivity contribution is -0.384. The molecule has 1 aromatic heterocycles. The van der Waals surface area contributed by atoms with Crippen molar-refractivity contribution in [3.05, 3.63) is 85.1 Å². The molecule has 0 saturated heterocycles. The van der Waals surface area contributed by atoms with Crippen molar-refractivity contribution < 1.29 is 9.72 Å². The van der Waals surface area contributed by atoms with Crippen LogP contribution in [0.15, 0.2) is 59.4 Å². The van der Waals surface area contributed by atoms with Gasteiger partial charge in [0.2, 0.25) is 5.91 Å². The van der Waals surface area contributed by atoms with Crippen molar-refractivity contribution in [1.29, 1.82) is 0 Å².